The minimum Gasteiger partial charge on any atom is -0.458 e. The predicted octanol–water partition coefficient (Wildman–Crippen LogP) is 2.27. The number of aryl methyl sites for hydroxylation is 1. The Kier molecular flexibility index (Phi) is 4.44. The molecule has 0 aliphatic carbocycles. The van der Waals surface area contributed by atoms with Crippen molar-refractivity contribution < 1.29 is 18.5 Å². The second kappa shape index (κ2) is 6.87. The van der Waals surface area contributed by atoms with E-state index in [4.69, 9.17) is 13.7 Å². The number of hydrogen-bond acceptors (Lipinski definition) is 6. The number of urea groups is 1. The normalized spacial score (nSPS) is 19.4. The average molecular weight is 346 g/mol. The summed E-state index contributed by atoms with van der Waals surface area (Å²) in [6.45, 7) is 5.89. The van der Waals surface area contributed by atoms with Crippen molar-refractivity contribution in [3.63, 3.8) is 0 Å². The van der Waals surface area contributed by atoms with Gasteiger partial charge in [0, 0.05) is 32.1 Å². The van der Waals surface area contributed by atoms with E-state index in [2.05, 4.69) is 10.1 Å². The summed E-state index contributed by atoms with van der Waals surface area (Å²) < 4.78 is 16.3. The minimum atomic E-state index is 0.110. The molecule has 0 aromatic carbocycles. The highest BCUT2D eigenvalue weighted by atomic mass is 16.5. The third kappa shape index (κ3) is 3.39. The van der Waals surface area contributed by atoms with E-state index in [-0.39, 0.29) is 11.9 Å². The molecule has 4 rings (SSSR count). The van der Waals surface area contributed by atoms with E-state index in [1.54, 1.807) is 0 Å². The first kappa shape index (κ1) is 16.1. The van der Waals surface area contributed by atoms with Gasteiger partial charge in [0.05, 0.1) is 13.2 Å². The minimum absolute atomic E-state index is 0.110. The van der Waals surface area contributed by atoms with Crippen molar-refractivity contribution in [3.05, 3.63) is 23.8 Å². The smallest absolute Gasteiger partial charge is 0.320 e. The van der Waals surface area contributed by atoms with Crippen LogP contribution in [0.5, 0.6) is 0 Å². The van der Waals surface area contributed by atoms with Crippen LogP contribution >= 0.6 is 0 Å². The van der Waals surface area contributed by atoms with Gasteiger partial charge in [-0.3, -0.25) is 0 Å². The molecule has 0 unspecified atom stereocenters. The van der Waals surface area contributed by atoms with Crippen LogP contribution in [0, 0.1) is 6.92 Å². The van der Waals surface area contributed by atoms with Gasteiger partial charge in [0.15, 0.2) is 5.76 Å². The predicted molar refractivity (Wildman–Crippen MR) is 88.1 cm³/mol. The molecular formula is C17H22N4O4. The molecule has 0 bridgehead atoms. The number of hydrogen-bond donors (Lipinski definition) is 0. The lowest BCUT2D eigenvalue weighted by Gasteiger charge is -2.36. The van der Waals surface area contributed by atoms with Crippen LogP contribution in [0.3, 0.4) is 0 Å². The van der Waals surface area contributed by atoms with Crippen molar-refractivity contribution in [1.29, 1.82) is 0 Å². The number of nitrogens with zero attached hydrogens (tertiary/aromatic N) is 4. The highest BCUT2D eigenvalue weighted by Gasteiger charge is 2.30. The largest absolute Gasteiger partial charge is 0.458 e. The van der Waals surface area contributed by atoms with Crippen LogP contribution in [0.15, 0.2) is 21.1 Å². The van der Waals surface area contributed by atoms with E-state index in [1.807, 2.05) is 28.9 Å². The molecule has 2 aromatic rings. The van der Waals surface area contributed by atoms with Gasteiger partial charge in [-0.2, -0.15) is 4.98 Å². The van der Waals surface area contributed by atoms with E-state index in [0.29, 0.717) is 56.9 Å². The summed E-state index contributed by atoms with van der Waals surface area (Å²) in [7, 11) is 0. The standard InChI is InChI=1S/C17H22N4O4/c1-12-2-3-14(24-12)15-18-16(25-19-15)13-4-6-20(7-5-13)17(22)21-8-10-23-11-9-21/h2-3,13H,4-11H2,1H3. The number of piperidine rings is 1. The SMILES string of the molecule is Cc1ccc(-c2noc(C3CCN(C(=O)N4CCOCC4)CC3)n2)o1. The fraction of sp³-hybridized carbons (Fsp3) is 0.588. The first-order valence-corrected chi connectivity index (χ1v) is 8.73. The zero-order valence-corrected chi connectivity index (χ0v) is 14.3. The molecule has 0 atom stereocenters. The van der Waals surface area contributed by atoms with Gasteiger partial charge in [-0.25, -0.2) is 4.79 Å². The Hall–Kier alpha value is -2.35. The number of amides is 2. The van der Waals surface area contributed by atoms with Crippen LogP contribution in [0.4, 0.5) is 4.79 Å². The van der Waals surface area contributed by atoms with Crippen molar-refractivity contribution in [2.75, 3.05) is 39.4 Å². The zero-order chi connectivity index (χ0) is 17.2. The molecule has 2 amide bonds. The topological polar surface area (TPSA) is 84.8 Å². The summed E-state index contributed by atoms with van der Waals surface area (Å²) in [6.07, 6.45) is 1.66. The summed E-state index contributed by atoms with van der Waals surface area (Å²) in [6, 6.07) is 3.83. The number of morpholine rings is 1. The number of rotatable bonds is 2. The molecule has 8 nitrogen and oxygen atoms in total. The molecule has 2 saturated heterocycles. The van der Waals surface area contributed by atoms with Crippen LogP contribution in [0.25, 0.3) is 11.6 Å². The lowest BCUT2D eigenvalue weighted by molar-refractivity contribution is 0.0408. The summed E-state index contributed by atoms with van der Waals surface area (Å²) in [5, 5.41) is 4.02. The lowest BCUT2D eigenvalue weighted by atomic mass is 9.97. The highest BCUT2D eigenvalue weighted by molar-refractivity contribution is 5.74. The van der Waals surface area contributed by atoms with E-state index >= 15 is 0 Å². The van der Waals surface area contributed by atoms with Crippen molar-refractivity contribution in [2.45, 2.75) is 25.7 Å². The third-order valence-corrected chi connectivity index (χ3v) is 4.80. The summed E-state index contributed by atoms with van der Waals surface area (Å²) >= 11 is 0. The Bertz CT molecular complexity index is 727. The third-order valence-electron chi connectivity index (χ3n) is 4.80. The first-order chi connectivity index (χ1) is 12.2. The van der Waals surface area contributed by atoms with Gasteiger partial charge in [-0.05, 0) is 31.9 Å². The average Bonchev–Trinajstić information content (AvgIpc) is 3.31. The second-order valence-electron chi connectivity index (χ2n) is 6.51. The van der Waals surface area contributed by atoms with Gasteiger partial charge in [0.25, 0.3) is 0 Å². The molecular weight excluding hydrogens is 324 g/mol. The Morgan fingerprint density at radius 3 is 2.52 bits per heavy atom. The molecule has 0 N–H and O–H groups in total. The van der Waals surface area contributed by atoms with Crippen LogP contribution in [-0.2, 0) is 4.74 Å². The number of furan rings is 1. The van der Waals surface area contributed by atoms with Gasteiger partial charge < -0.3 is 23.5 Å². The fourth-order valence-electron chi connectivity index (χ4n) is 3.33. The van der Waals surface area contributed by atoms with Crippen molar-refractivity contribution in [3.8, 4) is 11.6 Å². The van der Waals surface area contributed by atoms with Gasteiger partial charge >= 0.3 is 6.03 Å². The van der Waals surface area contributed by atoms with E-state index < -0.39 is 0 Å². The molecule has 2 fully saturated rings. The van der Waals surface area contributed by atoms with Crippen molar-refractivity contribution >= 4 is 6.03 Å². The quantitative estimate of drug-likeness (QED) is 0.829. The zero-order valence-electron chi connectivity index (χ0n) is 14.3. The lowest BCUT2D eigenvalue weighted by Crippen LogP contribution is -2.50. The fourth-order valence-corrected chi connectivity index (χ4v) is 3.33. The van der Waals surface area contributed by atoms with Gasteiger partial charge in [0.1, 0.15) is 5.76 Å². The molecule has 4 heterocycles. The van der Waals surface area contributed by atoms with Crippen LogP contribution in [-0.4, -0.2) is 65.4 Å². The molecule has 134 valence electrons. The Morgan fingerprint density at radius 1 is 1.12 bits per heavy atom. The molecule has 2 aliphatic heterocycles. The maximum atomic E-state index is 12.5. The summed E-state index contributed by atoms with van der Waals surface area (Å²) in [4.78, 5) is 20.8. The molecule has 2 aliphatic rings. The van der Waals surface area contributed by atoms with Gasteiger partial charge in [0.2, 0.25) is 11.7 Å². The van der Waals surface area contributed by atoms with Crippen LogP contribution < -0.4 is 0 Å². The summed E-state index contributed by atoms with van der Waals surface area (Å²) in [5.74, 6) is 2.73. The monoisotopic (exact) mass is 346 g/mol. The van der Waals surface area contributed by atoms with Crippen LogP contribution in [0.1, 0.15) is 30.4 Å². The van der Waals surface area contributed by atoms with Gasteiger partial charge in [-0.15, -0.1) is 0 Å². The van der Waals surface area contributed by atoms with E-state index in [9.17, 15) is 4.79 Å². The van der Waals surface area contributed by atoms with Crippen LogP contribution in [0.2, 0.25) is 0 Å². The Labute approximate surface area is 145 Å². The van der Waals surface area contributed by atoms with Crippen molar-refractivity contribution in [2.24, 2.45) is 0 Å². The molecule has 25 heavy (non-hydrogen) atoms. The number of carbonyl (C=O) groups is 1. The number of ether oxygens (including phenoxy) is 1. The molecule has 0 saturated carbocycles. The highest BCUT2D eigenvalue weighted by Crippen LogP contribution is 2.29. The second-order valence-corrected chi connectivity index (χ2v) is 6.51. The van der Waals surface area contributed by atoms with E-state index in [1.165, 1.54) is 0 Å². The molecule has 0 radical (unpaired) electrons. The first-order valence-electron chi connectivity index (χ1n) is 8.73. The molecule has 0 spiro atoms. The Morgan fingerprint density at radius 2 is 1.84 bits per heavy atom. The number of likely N-dealkylation sites (tertiary alicyclic amines) is 1. The number of carbonyl (C=O) groups excluding carboxylic acids is 1. The Balaban J connectivity index is 1.35. The molecule has 8 heteroatoms. The van der Waals surface area contributed by atoms with Crippen molar-refractivity contribution in [1.82, 2.24) is 19.9 Å². The maximum Gasteiger partial charge on any atom is 0.320 e. The number of aromatic nitrogens is 2. The summed E-state index contributed by atoms with van der Waals surface area (Å²) in [5.41, 5.74) is 0. The van der Waals surface area contributed by atoms with E-state index in [0.717, 1.165) is 18.6 Å². The molecule has 2 aromatic heterocycles. The van der Waals surface area contributed by atoms with Gasteiger partial charge in [-0.1, -0.05) is 5.16 Å². The maximum absolute atomic E-state index is 12.5.